The zero-order valence-electron chi connectivity index (χ0n) is 48.4. The number of phenols is 1. The van der Waals surface area contributed by atoms with Gasteiger partial charge in [-0.15, -0.1) is 25.6 Å². The third kappa shape index (κ3) is 18.6. The maximum absolute atomic E-state index is 13.6. The maximum Gasteiger partial charge on any atom is 0.397 e. The van der Waals surface area contributed by atoms with Crippen molar-refractivity contribution in [1.82, 2.24) is 0 Å². The number of azo groups is 5. The van der Waals surface area contributed by atoms with Gasteiger partial charge in [-0.25, -0.2) is 42.0 Å². The minimum Gasteiger partial charge on any atom is -0.505 e. The number of nitrogens with zero attached hydrogens (tertiary/aromatic N) is 10. The van der Waals surface area contributed by atoms with E-state index in [1.54, 1.807) is 0 Å². The van der Waals surface area contributed by atoms with E-state index >= 15 is 0 Å². The summed E-state index contributed by atoms with van der Waals surface area (Å²) in [4.78, 5) is -3.27. The Morgan fingerprint density at radius 3 is 1.13 bits per heavy atom. The number of sulfone groups is 3. The summed E-state index contributed by atoms with van der Waals surface area (Å²) in [7, 11) is -36.9. The molecule has 0 amide bonds. The van der Waals surface area contributed by atoms with Gasteiger partial charge in [0.25, 0.3) is 30.3 Å². The monoisotopic (exact) mass is 1490 g/mol. The molecule has 97 heavy (non-hydrogen) atoms. The Labute approximate surface area is 550 Å². The van der Waals surface area contributed by atoms with Crippen molar-refractivity contribution in [3.8, 4) is 5.75 Å². The van der Waals surface area contributed by atoms with E-state index in [1.807, 2.05) is 0 Å². The average molecular weight is 1490 g/mol. The van der Waals surface area contributed by atoms with Gasteiger partial charge >= 0.3 is 20.8 Å². The summed E-state index contributed by atoms with van der Waals surface area (Å²) >= 11 is 0. The Balaban J connectivity index is 1.03. The van der Waals surface area contributed by atoms with E-state index in [2.05, 4.69) is 70.8 Å². The third-order valence-corrected chi connectivity index (χ3v) is 21.6. The van der Waals surface area contributed by atoms with E-state index in [1.165, 1.54) is 66.7 Å². The van der Waals surface area contributed by atoms with Crippen molar-refractivity contribution in [2.24, 2.45) is 51.1 Å². The molecule has 0 saturated carbocycles. The van der Waals surface area contributed by atoms with Crippen LogP contribution in [0.5, 0.6) is 5.75 Å². The molecule has 510 valence electrons. The van der Waals surface area contributed by atoms with Crippen LogP contribution in [0.25, 0.3) is 10.8 Å². The predicted octanol–water partition coefficient (Wildman–Crippen LogP) is 9.77. The number of nitrogens with two attached hydrogens (primary N) is 3. The molecule has 8 aromatic rings. The first-order chi connectivity index (χ1) is 45.1. The lowest BCUT2D eigenvalue weighted by Crippen LogP contribution is -2.15. The number of hydrogen-bond donors (Lipinski definition) is 9. The lowest BCUT2D eigenvalue weighted by molar-refractivity contribution is 0.282. The highest BCUT2D eigenvalue weighted by atomic mass is 32.3. The van der Waals surface area contributed by atoms with Crippen LogP contribution >= 0.6 is 0 Å². The van der Waals surface area contributed by atoms with Crippen LogP contribution in [-0.2, 0) is 88.9 Å². The number of benzene rings is 8. The molecule has 0 unspecified atom stereocenters. The van der Waals surface area contributed by atoms with Crippen LogP contribution in [0.15, 0.2) is 232 Å². The number of fused-ring (bicyclic) bond motifs is 1. The lowest BCUT2D eigenvalue weighted by atomic mass is 10.1. The van der Waals surface area contributed by atoms with Gasteiger partial charge < -0.3 is 22.3 Å². The van der Waals surface area contributed by atoms with Crippen molar-refractivity contribution in [2.45, 2.75) is 29.4 Å². The molecule has 12 N–H and O–H groups in total. The second kappa shape index (κ2) is 28.4. The minimum atomic E-state index is -5.34. The third-order valence-electron chi connectivity index (χ3n) is 12.8. The van der Waals surface area contributed by atoms with Crippen LogP contribution in [0.3, 0.4) is 0 Å². The number of phenolic OH excluding ortho intramolecular Hbond substituents is 1. The van der Waals surface area contributed by atoms with Crippen molar-refractivity contribution in [2.75, 3.05) is 46.6 Å². The SMILES string of the molecule is C=CS(=O)(=O)c1ccc(/N=N/c2c(S(=O)(=O)O)cc3cc(S(=O)(=O)O)c(/N=N/c4ccc(S(=O)(=O)Nc5ccc(/N=N/c6cc(/N=N/c7ccc(S(=O)(=O)CCOS(=O)(=O)O)cc7)c(N)c(/N=N/c7ccc(S(=O)(=O)CCOS(=O)(=O)O)cc7)c6N)cc5)cc4)c(O)c3c2N)cc1. The number of nitrogen functional groups attached to an aromatic ring is 3. The van der Waals surface area contributed by atoms with Crippen molar-refractivity contribution >= 4 is 171 Å². The largest absolute Gasteiger partial charge is 0.505 e. The average Bonchev–Trinajstić information content (AvgIpc) is 0.742. The second-order valence-electron chi connectivity index (χ2n) is 19.3. The van der Waals surface area contributed by atoms with Crippen molar-refractivity contribution in [1.29, 1.82) is 0 Å². The smallest absolute Gasteiger partial charge is 0.397 e. The molecule has 37 nitrogen and oxygen atoms in total. The first-order valence-corrected chi connectivity index (χ1v) is 38.1. The van der Waals surface area contributed by atoms with Gasteiger partial charge in [-0.05, 0) is 145 Å². The molecule has 8 aromatic carbocycles. The van der Waals surface area contributed by atoms with Crippen molar-refractivity contribution < 1.29 is 99.0 Å². The zero-order chi connectivity index (χ0) is 71.3. The molecule has 0 heterocycles. The standard InChI is InChI=1S/C52H46N14O23S8/c1-2-90(68,69)37-15-7-33(8-16-37)58-63-49-43(94(76,77)78)27-30-28-44(95(79,80)81)50(52(67)45(30)48(49)55)64-59-35-13-21-40(22-14-35)93(74,75)66-36-5-3-31(4-6-36)56-61-41-29-42(62-57-32-9-17-38(18-10-32)91(70,71)25-23-88-96(82,83)84)47(54)51(46(41)53)65-60-34-11-19-39(20-12-34)92(72,73)26-24-89-97(85,86)87/h2-22,27-29,66-67H,1,23-26,53-55H2,(H,76,77,78)(H,79,80,81)(H,82,83,84)(H,85,86,87)/b61-56+,62-57+,63-58+,64-59+,65-60+. The van der Waals surface area contributed by atoms with E-state index in [4.69, 9.17) is 26.3 Å². The van der Waals surface area contributed by atoms with Gasteiger partial charge in [0.1, 0.15) is 38.2 Å². The number of hydrogen-bond acceptors (Lipinski definition) is 32. The molecule has 0 radical (unpaired) electrons. The van der Waals surface area contributed by atoms with Crippen LogP contribution in [0.2, 0.25) is 0 Å². The topological polar surface area (TPSA) is 606 Å². The van der Waals surface area contributed by atoms with Crippen LogP contribution in [-0.4, -0.2) is 115 Å². The molecular weight excluding hydrogens is 1450 g/mol. The van der Waals surface area contributed by atoms with Crippen LogP contribution in [0.4, 0.5) is 79.6 Å². The quantitative estimate of drug-likeness (QED) is 0.0131. The molecule has 8 rings (SSSR count). The molecule has 45 heteroatoms. The Hall–Kier alpha value is -9.88. The molecule has 0 aromatic heterocycles. The lowest BCUT2D eigenvalue weighted by Gasteiger charge is -2.14. The summed E-state index contributed by atoms with van der Waals surface area (Å²) < 4.78 is 245. The maximum atomic E-state index is 13.6. The Morgan fingerprint density at radius 2 is 0.753 bits per heavy atom. The highest BCUT2D eigenvalue weighted by molar-refractivity contribution is 7.94. The first-order valence-electron chi connectivity index (χ1n) is 26.1. The molecule has 0 aliphatic carbocycles. The molecule has 0 aliphatic heterocycles. The Morgan fingerprint density at radius 1 is 0.412 bits per heavy atom. The van der Waals surface area contributed by atoms with Gasteiger partial charge in [-0.2, -0.15) is 59.2 Å². The minimum absolute atomic E-state index is 0.0126. The fraction of sp³-hybridized carbons (Fsp3) is 0.0769. The molecule has 0 atom stereocenters. The Bertz CT molecular complexity index is 5580. The fourth-order valence-electron chi connectivity index (χ4n) is 8.07. The van der Waals surface area contributed by atoms with Gasteiger partial charge in [0.2, 0.25) is 0 Å². The van der Waals surface area contributed by atoms with E-state index in [9.17, 15) is 81.6 Å². The van der Waals surface area contributed by atoms with Crippen LogP contribution in [0.1, 0.15) is 0 Å². The summed E-state index contributed by atoms with van der Waals surface area (Å²) in [6.45, 7) is 1.46. The summed E-state index contributed by atoms with van der Waals surface area (Å²) in [5, 5.41) is 51.3. The molecular formula is C52H46N14O23S8. The van der Waals surface area contributed by atoms with Crippen molar-refractivity contribution in [3.05, 3.63) is 152 Å². The number of aromatic hydroxyl groups is 1. The zero-order valence-corrected chi connectivity index (χ0v) is 55.0. The van der Waals surface area contributed by atoms with Gasteiger partial charge in [-0.3, -0.25) is 22.9 Å². The van der Waals surface area contributed by atoms with Crippen LogP contribution < -0.4 is 21.9 Å². The summed E-state index contributed by atoms with van der Waals surface area (Å²) in [6.07, 6.45) is 0. The molecule has 0 bridgehead atoms. The normalized spacial score (nSPS) is 13.2. The highest BCUT2D eigenvalue weighted by Gasteiger charge is 2.29. The number of sulfonamides is 1. The Kier molecular flexibility index (Phi) is 21.4. The van der Waals surface area contributed by atoms with E-state index < -0.39 is 149 Å². The number of rotatable bonds is 27. The highest BCUT2D eigenvalue weighted by Crippen LogP contribution is 2.49. The number of anilines is 4. The van der Waals surface area contributed by atoms with E-state index in [0.29, 0.717) is 17.5 Å². The van der Waals surface area contributed by atoms with Crippen molar-refractivity contribution in [3.63, 3.8) is 0 Å². The molecule has 0 spiro atoms. The molecule has 0 aliphatic rings. The van der Waals surface area contributed by atoms with Crippen LogP contribution in [0, 0.1) is 0 Å². The first kappa shape index (κ1) is 72.9. The molecule has 0 saturated heterocycles. The fourth-order valence-corrected chi connectivity index (χ4v) is 14.1. The summed E-state index contributed by atoms with van der Waals surface area (Å²) in [5.74, 6) is -2.76. The van der Waals surface area contributed by atoms with Gasteiger partial charge in [-0.1, -0.05) is 6.58 Å². The number of nitrogens with one attached hydrogen (secondary N) is 1. The van der Waals surface area contributed by atoms with E-state index in [0.717, 1.165) is 60.7 Å². The van der Waals surface area contributed by atoms with Gasteiger partial charge in [0.05, 0.1) is 95.2 Å². The second-order valence-corrected chi connectivity index (χ2v) is 32.1. The molecule has 0 fully saturated rings. The summed E-state index contributed by atoms with van der Waals surface area (Å²) in [6, 6.07) is 26.1. The van der Waals surface area contributed by atoms with Gasteiger partial charge in [0.15, 0.2) is 35.3 Å². The predicted molar refractivity (Wildman–Crippen MR) is 345 cm³/mol. The van der Waals surface area contributed by atoms with Gasteiger partial charge in [0, 0.05) is 11.1 Å². The van der Waals surface area contributed by atoms with E-state index in [-0.39, 0.29) is 82.1 Å². The summed E-state index contributed by atoms with van der Waals surface area (Å²) in [5.41, 5.74) is 15.6.